The molecule has 3 aromatic rings. The SMILES string of the molecule is Cc1c(N(Cc2ccc(F)cc2)S(=O)(=O)CCN2CCCC(F)(F)C2)sc2ccccc12. The van der Waals surface area contributed by atoms with E-state index in [1.54, 1.807) is 12.1 Å². The Morgan fingerprint density at radius 3 is 2.53 bits per heavy atom. The van der Waals surface area contributed by atoms with Gasteiger partial charge in [0.2, 0.25) is 10.0 Å². The van der Waals surface area contributed by atoms with E-state index in [4.69, 9.17) is 0 Å². The van der Waals surface area contributed by atoms with Crippen LogP contribution in [0.3, 0.4) is 0 Å². The molecule has 172 valence electrons. The molecular formula is C23H25F3N2O2S2. The number of anilines is 1. The average molecular weight is 483 g/mol. The second-order valence-electron chi connectivity index (χ2n) is 8.21. The van der Waals surface area contributed by atoms with Crippen LogP contribution in [0.15, 0.2) is 48.5 Å². The summed E-state index contributed by atoms with van der Waals surface area (Å²) in [5, 5.41) is 1.57. The summed E-state index contributed by atoms with van der Waals surface area (Å²) in [7, 11) is -3.83. The molecule has 0 spiro atoms. The van der Waals surface area contributed by atoms with E-state index in [9.17, 15) is 21.6 Å². The van der Waals surface area contributed by atoms with Crippen molar-refractivity contribution in [1.82, 2.24) is 4.90 Å². The highest BCUT2D eigenvalue weighted by atomic mass is 32.2. The van der Waals surface area contributed by atoms with Crippen LogP contribution in [0.2, 0.25) is 0 Å². The van der Waals surface area contributed by atoms with Gasteiger partial charge in [0.25, 0.3) is 5.92 Å². The Hall–Kier alpha value is -2.10. The molecule has 1 fully saturated rings. The number of nitrogens with zero attached hydrogens (tertiary/aromatic N) is 2. The number of alkyl halides is 2. The highest BCUT2D eigenvalue weighted by molar-refractivity contribution is 7.93. The van der Waals surface area contributed by atoms with Crippen molar-refractivity contribution in [2.75, 3.05) is 29.7 Å². The summed E-state index contributed by atoms with van der Waals surface area (Å²) in [6, 6.07) is 13.4. The fourth-order valence-electron chi connectivity index (χ4n) is 4.04. The molecule has 0 unspecified atom stereocenters. The fourth-order valence-corrected chi connectivity index (χ4v) is 7.06. The Morgan fingerprint density at radius 2 is 1.84 bits per heavy atom. The first-order valence-electron chi connectivity index (χ1n) is 10.5. The largest absolute Gasteiger partial charge is 0.296 e. The Labute approximate surface area is 190 Å². The topological polar surface area (TPSA) is 40.6 Å². The van der Waals surface area contributed by atoms with E-state index in [2.05, 4.69) is 0 Å². The maximum Gasteiger partial charge on any atom is 0.260 e. The monoisotopic (exact) mass is 482 g/mol. The predicted octanol–water partition coefficient (Wildman–Crippen LogP) is 5.42. The number of hydrogen-bond donors (Lipinski definition) is 0. The summed E-state index contributed by atoms with van der Waals surface area (Å²) in [5.74, 6) is -3.44. The van der Waals surface area contributed by atoms with E-state index >= 15 is 0 Å². The van der Waals surface area contributed by atoms with Crippen LogP contribution in [0, 0.1) is 12.7 Å². The van der Waals surface area contributed by atoms with Crippen molar-refractivity contribution in [1.29, 1.82) is 0 Å². The second kappa shape index (κ2) is 9.03. The molecule has 1 aliphatic heterocycles. The zero-order valence-corrected chi connectivity index (χ0v) is 19.4. The van der Waals surface area contributed by atoms with Gasteiger partial charge < -0.3 is 0 Å². The molecule has 1 saturated heterocycles. The highest BCUT2D eigenvalue weighted by Gasteiger charge is 2.36. The van der Waals surface area contributed by atoms with Crippen molar-refractivity contribution in [3.8, 4) is 0 Å². The number of hydrogen-bond acceptors (Lipinski definition) is 4. The van der Waals surface area contributed by atoms with E-state index in [0.29, 0.717) is 23.5 Å². The first kappa shape index (κ1) is 23.1. The number of likely N-dealkylation sites (tertiary alicyclic amines) is 1. The molecule has 0 amide bonds. The number of aryl methyl sites for hydroxylation is 1. The maximum atomic E-state index is 13.8. The minimum Gasteiger partial charge on any atom is -0.296 e. The van der Waals surface area contributed by atoms with Crippen molar-refractivity contribution in [3.63, 3.8) is 0 Å². The molecule has 1 aromatic heterocycles. The number of halogens is 3. The zero-order valence-electron chi connectivity index (χ0n) is 17.7. The standard InChI is InChI=1S/C23H25F3N2O2S2/c1-17-20-5-2-3-6-21(20)31-22(17)28(15-18-7-9-19(24)10-8-18)32(29,30)14-13-27-12-4-11-23(25,26)16-27/h2-3,5-10H,4,11-16H2,1H3. The first-order chi connectivity index (χ1) is 15.1. The molecule has 1 aliphatic rings. The van der Waals surface area contributed by atoms with Crippen LogP contribution in [0.4, 0.5) is 18.2 Å². The van der Waals surface area contributed by atoms with Crippen LogP contribution in [0.5, 0.6) is 0 Å². The summed E-state index contributed by atoms with van der Waals surface area (Å²) in [6.45, 7) is 2.02. The van der Waals surface area contributed by atoms with Crippen LogP contribution in [0.25, 0.3) is 10.1 Å². The molecule has 2 heterocycles. The quantitative estimate of drug-likeness (QED) is 0.452. The second-order valence-corrected chi connectivity index (χ2v) is 11.3. The van der Waals surface area contributed by atoms with Gasteiger partial charge in [-0.05, 0) is 54.6 Å². The lowest BCUT2D eigenvalue weighted by atomic mass is 10.1. The summed E-state index contributed by atoms with van der Waals surface area (Å²) < 4.78 is 70.2. The van der Waals surface area contributed by atoms with E-state index in [1.165, 1.54) is 32.7 Å². The van der Waals surface area contributed by atoms with Gasteiger partial charge in [-0.3, -0.25) is 9.21 Å². The lowest BCUT2D eigenvalue weighted by molar-refractivity contribution is -0.0623. The highest BCUT2D eigenvalue weighted by Crippen LogP contribution is 2.39. The van der Waals surface area contributed by atoms with Gasteiger partial charge in [-0.15, -0.1) is 11.3 Å². The Kier molecular flexibility index (Phi) is 6.51. The number of fused-ring (bicyclic) bond motifs is 1. The third-order valence-electron chi connectivity index (χ3n) is 5.76. The fraction of sp³-hybridized carbons (Fsp3) is 0.391. The molecule has 2 aromatic carbocycles. The minimum absolute atomic E-state index is 0.0434. The number of piperidine rings is 1. The minimum atomic E-state index is -3.83. The van der Waals surface area contributed by atoms with Crippen LogP contribution in [0.1, 0.15) is 24.0 Å². The normalized spacial score (nSPS) is 17.0. The molecule has 0 radical (unpaired) electrons. The van der Waals surface area contributed by atoms with Crippen molar-refractivity contribution >= 4 is 36.4 Å². The van der Waals surface area contributed by atoms with Gasteiger partial charge in [0.1, 0.15) is 10.8 Å². The van der Waals surface area contributed by atoms with E-state index in [-0.39, 0.29) is 25.3 Å². The molecule has 4 nitrogen and oxygen atoms in total. The molecule has 0 saturated carbocycles. The van der Waals surface area contributed by atoms with Gasteiger partial charge in [-0.2, -0.15) is 0 Å². The lowest BCUT2D eigenvalue weighted by Gasteiger charge is -2.33. The van der Waals surface area contributed by atoms with Crippen LogP contribution < -0.4 is 4.31 Å². The van der Waals surface area contributed by atoms with Gasteiger partial charge in [-0.1, -0.05) is 30.3 Å². The summed E-state index contributed by atoms with van der Waals surface area (Å²) in [5.41, 5.74) is 1.50. The lowest BCUT2D eigenvalue weighted by Crippen LogP contribution is -2.45. The zero-order chi connectivity index (χ0) is 22.9. The number of rotatable bonds is 7. The Balaban J connectivity index is 1.64. The molecule has 0 atom stereocenters. The van der Waals surface area contributed by atoms with Gasteiger partial charge >= 0.3 is 0 Å². The van der Waals surface area contributed by atoms with Crippen molar-refractivity contribution in [2.45, 2.75) is 32.2 Å². The van der Waals surface area contributed by atoms with E-state index in [1.807, 2.05) is 31.2 Å². The van der Waals surface area contributed by atoms with Crippen molar-refractivity contribution in [3.05, 3.63) is 65.5 Å². The first-order valence-corrected chi connectivity index (χ1v) is 12.9. The number of thiophene rings is 1. The van der Waals surface area contributed by atoms with Gasteiger partial charge in [0, 0.05) is 17.7 Å². The molecule has 32 heavy (non-hydrogen) atoms. The molecule has 0 bridgehead atoms. The van der Waals surface area contributed by atoms with Crippen LogP contribution in [-0.4, -0.2) is 44.6 Å². The Morgan fingerprint density at radius 1 is 1.12 bits per heavy atom. The smallest absolute Gasteiger partial charge is 0.260 e. The predicted molar refractivity (Wildman–Crippen MR) is 124 cm³/mol. The van der Waals surface area contributed by atoms with Crippen molar-refractivity contribution < 1.29 is 21.6 Å². The molecule has 9 heteroatoms. The molecule has 0 N–H and O–H groups in total. The summed E-state index contributed by atoms with van der Waals surface area (Å²) >= 11 is 1.38. The Bertz CT molecular complexity index is 1190. The van der Waals surface area contributed by atoms with Gasteiger partial charge in [0.15, 0.2) is 0 Å². The summed E-state index contributed by atoms with van der Waals surface area (Å²) in [6.07, 6.45) is 0.190. The van der Waals surface area contributed by atoms with E-state index < -0.39 is 28.3 Å². The summed E-state index contributed by atoms with van der Waals surface area (Å²) in [4.78, 5) is 1.52. The number of benzene rings is 2. The van der Waals surface area contributed by atoms with Crippen LogP contribution >= 0.6 is 11.3 Å². The maximum absolute atomic E-state index is 13.8. The third-order valence-corrected chi connectivity index (χ3v) is 8.85. The van der Waals surface area contributed by atoms with Crippen molar-refractivity contribution in [2.24, 2.45) is 0 Å². The molecule has 4 rings (SSSR count). The average Bonchev–Trinajstić information content (AvgIpc) is 3.07. The third kappa shape index (κ3) is 5.10. The molecular weight excluding hydrogens is 457 g/mol. The van der Waals surface area contributed by atoms with Gasteiger partial charge in [0.05, 0.1) is 18.8 Å². The van der Waals surface area contributed by atoms with Gasteiger partial charge in [-0.25, -0.2) is 21.6 Å². The van der Waals surface area contributed by atoms with E-state index in [0.717, 1.165) is 15.6 Å². The molecule has 0 aliphatic carbocycles. The van der Waals surface area contributed by atoms with Crippen LogP contribution in [-0.2, 0) is 16.6 Å². The number of sulfonamides is 1.